The molecular weight excluding hydrogens is 368 g/mol. The second-order valence-corrected chi connectivity index (χ2v) is 7.15. The van der Waals surface area contributed by atoms with Crippen molar-refractivity contribution < 1.29 is 14.0 Å². The largest absolute Gasteiger partial charge is 0.459 e. The third-order valence-corrected chi connectivity index (χ3v) is 5.15. The van der Waals surface area contributed by atoms with E-state index < -0.39 is 5.91 Å². The van der Waals surface area contributed by atoms with Crippen molar-refractivity contribution in [2.24, 2.45) is 0 Å². The molecule has 2 amide bonds. The number of rotatable bonds is 3. The lowest BCUT2D eigenvalue weighted by molar-refractivity contribution is -0.132. The van der Waals surface area contributed by atoms with Gasteiger partial charge >= 0.3 is 5.91 Å². The third kappa shape index (κ3) is 2.91. The number of hydrazine groups is 1. The Balaban J connectivity index is 1.84. The van der Waals surface area contributed by atoms with Crippen molar-refractivity contribution in [3.05, 3.63) is 58.5 Å². The van der Waals surface area contributed by atoms with Gasteiger partial charge in [-0.25, -0.2) is 5.01 Å². The molecule has 0 saturated carbocycles. The van der Waals surface area contributed by atoms with Gasteiger partial charge in [-0.05, 0) is 36.8 Å². The SMILES string of the molecule is CC1SC(c2ccc(Br)cc2)N(NC(=O)c2ccco2)C1=O. The normalized spacial score (nSPS) is 21.2. The number of furan rings is 1. The van der Waals surface area contributed by atoms with E-state index in [0.29, 0.717) is 0 Å². The molecule has 3 rings (SSSR count). The van der Waals surface area contributed by atoms with Gasteiger partial charge in [0.15, 0.2) is 5.76 Å². The fraction of sp³-hybridized carbons (Fsp3) is 0.200. The first kappa shape index (κ1) is 15.2. The summed E-state index contributed by atoms with van der Waals surface area (Å²) in [6.45, 7) is 1.83. The van der Waals surface area contributed by atoms with Crippen LogP contribution in [0.5, 0.6) is 0 Å². The average molecular weight is 381 g/mol. The van der Waals surface area contributed by atoms with E-state index in [1.165, 1.54) is 23.0 Å². The molecule has 0 radical (unpaired) electrons. The van der Waals surface area contributed by atoms with Gasteiger partial charge in [-0.15, -0.1) is 11.8 Å². The third-order valence-electron chi connectivity index (χ3n) is 3.27. The highest BCUT2D eigenvalue weighted by Gasteiger charge is 2.40. The molecule has 2 heterocycles. The van der Waals surface area contributed by atoms with E-state index in [-0.39, 0.29) is 22.3 Å². The smallest absolute Gasteiger partial charge is 0.305 e. The van der Waals surface area contributed by atoms with E-state index in [1.807, 2.05) is 31.2 Å². The molecule has 7 heteroatoms. The monoisotopic (exact) mass is 380 g/mol. The number of amides is 2. The molecule has 2 unspecified atom stereocenters. The maximum Gasteiger partial charge on any atom is 0.305 e. The minimum Gasteiger partial charge on any atom is -0.459 e. The minimum absolute atomic E-state index is 0.127. The average Bonchev–Trinajstić information content (AvgIpc) is 3.12. The van der Waals surface area contributed by atoms with Crippen LogP contribution in [0.25, 0.3) is 0 Å². The summed E-state index contributed by atoms with van der Waals surface area (Å²) < 4.78 is 6.02. The zero-order chi connectivity index (χ0) is 15.7. The van der Waals surface area contributed by atoms with Gasteiger partial charge in [0.25, 0.3) is 5.91 Å². The molecule has 114 valence electrons. The Bertz CT molecular complexity index is 687. The van der Waals surface area contributed by atoms with Crippen LogP contribution in [-0.4, -0.2) is 22.1 Å². The van der Waals surface area contributed by atoms with Crippen molar-refractivity contribution in [3.63, 3.8) is 0 Å². The summed E-state index contributed by atoms with van der Waals surface area (Å²) in [6.07, 6.45) is 1.42. The maximum atomic E-state index is 12.3. The molecule has 0 spiro atoms. The highest BCUT2D eigenvalue weighted by Crippen LogP contribution is 2.41. The Hall–Kier alpha value is -1.73. The molecule has 1 fully saturated rings. The highest BCUT2D eigenvalue weighted by molar-refractivity contribution is 9.10. The molecule has 2 atom stereocenters. The van der Waals surface area contributed by atoms with E-state index in [9.17, 15) is 9.59 Å². The van der Waals surface area contributed by atoms with E-state index in [4.69, 9.17) is 4.42 Å². The number of nitrogens with one attached hydrogen (secondary N) is 1. The number of thioether (sulfide) groups is 1. The molecule has 22 heavy (non-hydrogen) atoms. The van der Waals surface area contributed by atoms with Gasteiger partial charge < -0.3 is 4.42 Å². The van der Waals surface area contributed by atoms with Crippen molar-refractivity contribution in [2.75, 3.05) is 0 Å². The van der Waals surface area contributed by atoms with Crippen LogP contribution in [0.15, 0.2) is 51.6 Å². The summed E-state index contributed by atoms with van der Waals surface area (Å²) in [5, 5.41) is 0.906. The highest BCUT2D eigenvalue weighted by atomic mass is 79.9. The van der Waals surface area contributed by atoms with Crippen LogP contribution in [0.1, 0.15) is 28.4 Å². The molecule has 1 aliphatic heterocycles. The molecule has 0 aliphatic carbocycles. The molecule has 1 aliphatic rings. The fourth-order valence-electron chi connectivity index (χ4n) is 2.16. The van der Waals surface area contributed by atoms with Crippen molar-refractivity contribution >= 4 is 39.5 Å². The quantitative estimate of drug-likeness (QED) is 0.886. The molecule has 1 aromatic heterocycles. The number of hydrogen-bond acceptors (Lipinski definition) is 4. The predicted molar refractivity (Wildman–Crippen MR) is 87.0 cm³/mol. The van der Waals surface area contributed by atoms with E-state index in [2.05, 4.69) is 21.4 Å². The molecule has 2 aromatic rings. The Labute approximate surface area is 140 Å². The second-order valence-electron chi connectivity index (χ2n) is 4.81. The molecule has 1 saturated heterocycles. The van der Waals surface area contributed by atoms with Gasteiger partial charge in [-0.2, -0.15) is 0 Å². The van der Waals surface area contributed by atoms with Crippen LogP contribution in [0.2, 0.25) is 0 Å². The molecule has 1 N–H and O–H groups in total. The Morgan fingerprint density at radius 3 is 2.68 bits per heavy atom. The summed E-state index contributed by atoms with van der Waals surface area (Å²) >= 11 is 4.89. The van der Waals surface area contributed by atoms with Gasteiger partial charge in [0.05, 0.1) is 11.5 Å². The standard InChI is InChI=1S/C15H13BrN2O3S/c1-9-14(20)18(17-13(19)12-3-2-8-21-12)15(22-9)10-4-6-11(16)7-5-10/h2-9,15H,1H3,(H,17,19). The molecule has 0 bridgehead atoms. The van der Waals surface area contributed by atoms with Crippen LogP contribution in [0.4, 0.5) is 0 Å². The first-order chi connectivity index (χ1) is 10.6. The number of nitrogens with zero attached hydrogens (tertiary/aromatic N) is 1. The van der Waals surface area contributed by atoms with Gasteiger partial charge in [0.2, 0.25) is 0 Å². The Kier molecular flexibility index (Phi) is 4.26. The first-order valence-corrected chi connectivity index (χ1v) is 8.38. The number of carbonyl (C=O) groups excluding carboxylic acids is 2. The summed E-state index contributed by atoms with van der Waals surface area (Å²) in [7, 11) is 0. The zero-order valence-corrected chi connectivity index (χ0v) is 14.1. The van der Waals surface area contributed by atoms with E-state index in [1.54, 1.807) is 12.1 Å². The predicted octanol–water partition coefficient (Wildman–Crippen LogP) is 3.35. The Morgan fingerprint density at radius 2 is 2.05 bits per heavy atom. The summed E-state index contributed by atoms with van der Waals surface area (Å²) in [4.78, 5) is 24.4. The van der Waals surface area contributed by atoms with Crippen LogP contribution in [0.3, 0.4) is 0 Å². The lowest BCUT2D eigenvalue weighted by atomic mass is 10.2. The molecular formula is C15H13BrN2O3S. The van der Waals surface area contributed by atoms with Crippen molar-refractivity contribution in [3.8, 4) is 0 Å². The van der Waals surface area contributed by atoms with E-state index >= 15 is 0 Å². The minimum atomic E-state index is -0.435. The van der Waals surface area contributed by atoms with Gasteiger partial charge in [0.1, 0.15) is 5.37 Å². The number of benzene rings is 1. The zero-order valence-electron chi connectivity index (χ0n) is 11.7. The van der Waals surface area contributed by atoms with Gasteiger partial charge in [-0.3, -0.25) is 15.0 Å². The van der Waals surface area contributed by atoms with Gasteiger partial charge in [-0.1, -0.05) is 28.1 Å². The lowest BCUT2D eigenvalue weighted by Crippen LogP contribution is -2.45. The van der Waals surface area contributed by atoms with Gasteiger partial charge in [0, 0.05) is 4.47 Å². The number of carbonyl (C=O) groups is 2. The summed E-state index contributed by atoms with van der Waals surface area (Å²) in [5.41, 5.74) is 3.59. The van der Waals surface area contributed by atoms with Crippen molar-refractivity contribution in [1.82, 2.24) is 10.4 Å². The fourth-order valence-corrected chi connectivity index (χ4v) is 3.64. The summed E-state index contributed by atoms with van der Waals surface area (Å²) in [6, 6.07) is 10.9. The van der Waals surface area contributed by atoms with Crippen LogP contribution in [0, 0.1) is 0 Å². The molecule has 1 aromatic carbocycles. The van der Waals surface area contributed by atoms with Crippen LogP contribution >= 0.6 is 27.7 Å². The first-order valence-electron chi connectivity index (χ1n) is 6.65. The van der Waals surface area contributed by atoms with Crippen molar-refractivity contribution in [2.45, 2.75) is 17.5 Å². The number of hydrogen-bond donors (Lipinski definition) is 1. The number of halogens is 1. The summed E-state index contributed by atoms with van der Waals surface area (Å²) in [5.74, 6) is -0.389. The molecule has 5 nitrogen and oxygen atoms in total. The topological polar surface area (TPSA) is 62.6 Å². The van der Waals surface area contributed by atoms with E-state index in [0.717, 1.165) is 10.0 Å². The maximum absolute atomic E-state index is 12.3. The Morgan fingerprint density at radius 1 is 1.32 bits per heavy atom. The van der Waals surface area contributed by atoms with Crippen LogP contribution < -0.4 is 5.43 Å². The second kappa shape index (κ2) is 6.18. The van der Waals surface area contributed by atoms with Crippen LogP contribution in [-0.2, 0) is 4.79 Å². The lowest BCUT2D eigenvalue weighted by Gasteiger charge is -2.24. The van der Waals surface area contributed by atoms with Crippen molar-refractivity contribution in [1.29, 1.82) is 0 Å².